The highest BCUT2D eigenvalue weighted by Gasteiger charge is 2.07. The second kappa shape index (κ2) is 9.86. The summed E-state index contributed by atoms with van der Waals surface area (Å²) >= 11 is 5.92. The van der Waals surface area contributed by atoms with Crippen LogP contribution in [0.2, 0.25) is 5.02 Å². The molecule has 0 radical (unpaired) electrons. The molecule has 5 heteroatoms. The Morgan fingerprint density at radius 3 is 2.30 bits per heavy atom. The van der Waals surface area contributed by atoms with Crippen LogP contribution in [0.1, 0.15) is 18.1 Å². The van der Waals surface area contributed by atoms with Gasteiger partial charge in [-0.25, -0.2) is 5.43 Å². The number of rotatable bonds is 9. The molecule has 0 bridgehead atoms. The predicted molar refractivity (Wildman–Crippen MR) is 110 cm³/mol. The summed E-state index contributed by atoms with van der Waals surface area (Å²) in [5, 5.41) is 0.717. The zero-order valence-corrected chi connectivity index (χ0v) is 16.0. The van der Waals surface area contributed by atoms with Gasteiger partial charge in [0.05, 0.1) is 6.61 Å². The molecule has 0 fully saturated rings. The van der Waals surface area contributed by atoms with Crippen molar-refractivity contribution in [3.63, 3.8) is 0 Å². The van der Waals surface area contributed by atoms with Crippen molar-refractivity contribution in [1.29, 1.82) is 0 Å². The van der Waals surface area contributed by atoms with E-state index in [0.717, 1.165) is 33.3 Å². The van der Waals surface area contributed by atoms with Crippen molar-refractivity contribution in [3.05, 3.63) is 88.9 Å². The first-order valence-corrected chi connectivity index (χ1v) is 9.29. The van der Waals surface area contributed by atoms with Crippen molar-refractivity contribution in [3.8, 4) is 11.5 Å². The highest BCUT2D eigenvalue weighted by molar-refractivity contribution is 6.30. The Morgan fingerprint density at radius 2 is 1.56 bits per heavy atom. The number of benzene rings is 3. The van der Waals surface area contributed by atoms with Gasteiger partial charge in [-0.15, -0.1) is 0 Å². The number of hydrogen-bond donors (Lipinski definition) is 2. The number of para-hydroxylation sites is 1. The van der Waals surface area contributed by atoms with Crippen LogP contribution in [0.5, 0.6) is 11.5 Å². The first kappa shape index (κ1) is 19.1. The Kier molecular flexibility index (Phi) is 6.97. The van der Waals surface area contributed by atoms with Crippen molar-refractivity contribution in [1.82, 2.24) is 5.43 Å². The summed E-state index contributed by atoms with van der Waals surface area (Å²) < 4.78 is 11.7. The first-order valence-electron chi connectivity index (χ1n) is 8.91. The van der Waals surface area contributed by atoms with Crippen molar-refractivity contribution >= 4 is 17.3 Å². The second-order valence-electron chi connectivity index (χ2n) is 5.97. The summed E-state index contributed by atoms with van der Waals surface area (Å²) in [6.07, 6.45) is 0. The lowest BCUT2D eigenvalue weighted by Crippen LogP contribution is -2.20. The molecule has 2 N–H and O–H groups in total. The monoisotopic (exact) mass is 382 g/mol. The van der Waals surface area contributed by atoms with Crippen LogP contribution in [-0.4, -0.2) is 6.61 Å². The van der Waals surface area contributed by atoms with Gasteiger partial charge in [0.1, 0.15) is 6.61 Å². The molecule has 0 atom stereocenters. The van der Waals surface area contributed by atoms with Crippen LogP contribution in [0.15, 0.2) is 72.8 Å². The summed E-state index contributed by atoms with van der Waals surface area (Å²) in [5.74, 6) is 1.47. The molecule has 0 spiro atoms. The predicted octanol–water partition coefficient (Wildman–Crippen LogP) is 5.43. The highest BCUT2D eigenvalue weighted by atomic mass is 35.5. The molecule has 4 nitrogen and oxygen atoms in total. The number of halogens is 1. The van der Waals surface area contributed by atoms with Crippen LogP contribution in [0.4, 0.5) is 5.69 Å². The Hall–Kier alpha value is -2.69. The maximum absolute atomic E-state index is 5.94. The first-order chi connectivity index (χ1) is 13.2. The Morgan fingerprint density at radius 1 is 0.815 bits per heavy atom. The van der Waals surface area contributed by atoms with Crippen molar-refractivity contribution in [2.45, 2.75) is 20.1 Å². The van der Waals surface area contributed by atoms with Gasteiger partial charge in [-0.2, -0.15) is 0 Å². The van der Waals surface area contributed by atoms with E-state index in [1.807, 2.05) is 79.7 Å². The quantitative estimate of drug-likeness (QED) is 0.484. The zero-order valence-electron chi connectivity index (χ0n) is 15.2. The lowest BCUT2D eigenvalue weighted by molar-refractivity contribution is 0.269. The maximum atomic E-state index is 5.94. The molecular weight excluding hydrogens is 360 g/mol. The van der Waals surface area contributed by atoms with Gasteiger partial charge in [0, 0.05) is 17.3 Å². The van der Waals surface area contributed by atoms with Gasteiger partial charge in [0.25, 0.3) is 0 Å². The standard InChI is InChI=1S/C22H23ClN2O2/c1-2-26-22-14-18(15-24-25-20-6-4-3-5-7-20)10-13-21(22)27-16-17-8-11-19(23)12-9-17/h3-14,24-25H,2,15-16H2,1H3. The number of nitrogens with one attached hydrogen (secondary N) is 2. The molecule has 140 valence electrons. The maximum Gasteiger partial charge on any atom is 0.161 e. The van der Waals surface area contributed by atoms with Gasteiger partial charge in [-0.1, -0.05) is 48.0 Å². The largest absolute Gasteiger partial charge is 0.490 e. The van der Waals surface area contributed by atoms with Crippen molar-refractivity contribution < 1.29 is 9.47 Å². The van der Waals surface area contributed by atoms with Gasteiger partial charge in [0.2, 0.25) is 0 Å². The topological polar surface area (TPSA) is 42.5 Å². The van der Waals surface area contributed by atoms with Crippen molar-refractivity contribution in [2.24, 2.45) is 0 Å². The molecule has 3 aromatic rings. The third-order valence-electron chi connectivity index (χ3n) is 3.91. The van der Waals surface area contributed by atoms with Crippen LogP contribution in [-0.2, 0) is 13.2 Å². The number of hydrogen-bond acceptors (Lipinski definition) is 4. The summed E-state index contributed by atoms with van der Waals surface area (Å²) in [6, 6.07) is 23.6. The Labute approximate surface area is 165 Å². The van der Waals surface area contributed by atoms with Crippen LogP contribution in [0, 0.1) is 0 Å². The zero-order chi connectivity index (χ0) is 18.9. The van der Waals surface area contributed by atoms with E-state index >= 15 is 0 Å². The van der Waals surface area contributed by atoms with E-state index in [9.17, 15) is 0 Å². The van der Waals surface area contributed by atoms with Crippen LogP contribution < -0.4 is 20.3 Å². The lowest BCUT2D eigenvalue weighted by atomic mass is 10.2. The fourth-order valence-corrected chi connectivity index (χ4v) is 2.69. The van der Waals surface area contributed by atoms with Crippen LogP contribution in [0.25, 0.3) is 0 Å². The van der Waals surface area contributed by atoms with E-state index in [1.54, 1.807) is 0 Å². The molecule has 3 rings (SSSR count). The molecule has 0 unspecified atom stereocenters. The third-order valence-corrected chi connectivity index (χ3v) is 4.17. The smallest absolute Gasteiger partial charge is 0.161 e. The Bertz CT molecular complexity index is 839. The fraction of sp³-hybridized carbons (Fsp3) is 0.182. The number of anilines is 1. The second-order valence-corrected chi connectivity index (χ2v) is 6.41. The number of ether oxygens (including phenoxy) is 2. The van der Waals surface area contributed by atoms with E-state index in [1.165, 1.54) is 0 Å². The number of hydrazine groups is 1. The average Bonchev–Trinajstić information content (AvgIpc) is 2.70. The molecule has 0 aliphatic carbocycles. The van der Waals surface area contributed by atoms with E-state index in [2.05, 4.69) is 10.9 Å². The molecule has 0 amide bonds. The summed E-state index contributed by atoms with van der Waals surface area (Å²) in [7, 11) is 0. The van der Waals surface area contributed by atoms with E-state index < -0.39 is 0 Å². The minimum atomic E-state index is 0.463. The van der Waals surface area contributed by atoms with Gasteiger partial charge in [0.15, 0.2) is 11.5 Å². The van der Waals surface area contributed by atoms with Gasteiger partial charge in [-0.05, 0) is 54.4 Å². The summed E-state index contributed by atoms with van der Waals surface area (Å²) in [6.45, 7) is 3.66. The Balaban J connectivity index is 1.60. The fourth-order valence-electron chi connectivity index (χ4n) is 2.56. The van der Waals surface area contributed by atoms with Crippen LogP contribution in [0.3, 0.4) is 0 Å². The molecule has 0 saturated heterocycles. The summed E-state index contributed by atoms with van der Waals surface area (Å²) in [5.41, 5.74) is 9.56. The summed E-state index contributed by atoms with van der Waals surface area (Å²) in [4.78, 5) is 0. The molecule has 0 heterocycles. The molecule has 0 aliphatic heterocycles. The molecule has 3 aromatic carbocycles. The minimum Gasteiger partial charge on any atom is -0.490 e. The van der Waals surface area contributed by atoms with E-state index in [4.69, 9.17) is 21.1 Å². The average molecular weight is 383 g/mol. The van der Waals surface area contributed by atoms with Crippen molar-refractivity contribution in [2.75, 3.05) is 12.0 Å². The van der Waals surface area contributed by atoms with E-state index in [-0.39, 0.29) is 0 Å². The van der Waals surface area contributed by atoms with Crippen LogP contribution >= 0.6 is 11.6 Å². The highest BCUT2D eigenvalue weighted by Crippen LogP contribution is 2.29. The molecule has 27 heavy (non-hydrogen) atoms. The van der Waals surface area contributed by atoms with E-state index in [0.29, 0.717) is 19.8 Å². The molecule has 0 saturated carbocycles. The van der Waals surface area contributed by atoms with Gasteiger partial charge >= 0.3 is 0 Å². The normalized spacial score (nSPS) is 10.4. The molecule has 0 aliphatic rings. The molecule has 0 aromatic heterocycles. The lowest BCUT2D eigenvalue weighted by Gasteiger charge is -2.14. The van der Waals surface area contributed by atoms with Gasteiger partial charge in [-0.3, -0.25) is 0 Å². The molecular formula is C22H23ClN2O2. The third kappa shape index (κ3) is 5.91. The SMILES string of the molecule is CCOc1cc(CNNc2ccccc2)ccc1OCc1ccc(Cl)cc1. The van der Waals surface area contributed by atoms with Gasteiger partial charge < -0.3 is 14.9 Å². The minimum absolute atomic E-state index is 0.463.